The second-order valence-electron chi connectivity index (χ2n) is 5.88. The molecular weight excluding hydrogens is 276 g/mol. The van der Waals surface area contributed by atoms with Gasteiger partial charge in [-0.25, -0.2) is 0 Å². The minimum Gasteiger partial charge on any atom is -0.432 e. The SMILES string of the molecule is C=CC(O)OC(=O)C(C=C)CCCCCCCCCCCC. The Hall–Kier alpha value is -1.09. The van der Waals surface area contributed by atoms with Gasteiger partial charge in [-0.2, -0.15) is 0 Å². The van der Waals surface area contributed by atoms with E-state index in [1.54, 1.807) is 6.08 Å². The summed E-state index contributed by atoms with van der Waals surface area (Å²) in [6.07, 6.45) is 15.0. The number of hydrogen-bond donors (Lipinski definition) is 1. The topological polar surface area (TPSA) is 46.5 Å². The number of rotatable bonds is 15. The van der Waals surface area contributed by atoms with E-state index in [-0.39, 0.29) is 5.92 Å². The number of carbonyl (C=O) groups excluding carboxylic acids is 1. The van der Waals surface area contributed by atoms with Crippen molar-refractivity contribution >= 4 is 5.97 Å². The van der Waals surface area contributed by atoms with Crippen molar-refractivity contribution in [2.45, 2.75) is 83.8 Å². The minimum atomic E-state index is -1.22. The highest BCUT2D eigenvalue weighted by Gasteiger charge is 2.18. The number of aliphatic hydroxyl groups excluding tert-OH is 1. The van der Waals surface area contributed by atoms with E-state index in [9.17, 15) is 9.90 Å². The molecule has 0 aliphatic rings. The second-order valence-corrected chi connectivity index (χ2v) is 5.88. The van der Waals surface area contributed by atoms with Crippen molar-refractivity contribution in [1.29, 1.82) is 0 Å². The van der Waals surface area contributed by atoms with Crippen LogP contribution in [-0.2, 0) is 9.53 Å². The molecule has 128 valence electrons. The third-order valence-corrected chi connectivity index (χ3v) is 3.89. The summed E-state index contributed by atoms with van der Waals surface area (Å²) in [7, 11) is 0. The van der Waals surface area contributed by atoms with E-state index >= 15 is 0 Å². The van der Waals surface area contributed by atoms with Crippen molar-refractivity contribution in [2.75, 3.05) is 0 Å². The Balaban J connectivity index is 3.56. The van der Waals surface area contributed by atoms with Gasteiger partial charge in [0.2, 0.25) is 6.29 Å². The first-order chi connectivity index (χ1) is 10.7. The average molecular weight is 310 g/mol. The molecule has 0 heterocycles. The number of hydrogen-bond acceptors (Lipinski definition) is 3. The van der Waals surface area contributed by atoms with Crippen molar-refractivity contribution in [3.8, 4) is 0 Å². The van der Waals surface area contributed by atoms with Gasteiger partial charge in [0.15, 0.2) is 0 Å². The Morgan fingerprint density at radius 2 is 1.45 bits per heavy atom. The molecule has 0 amide bonds. The molecule has 0 radical (unpaired) electrons. The predicted molar refractivity (Wildman–Crippen MR) is 92.4 cm³/mol. The highest BCUT2D eigenvalue weighted by atomic mass is 16.6. The van der Waals surface area contributed by atoms with E-state index in [1.165, 1.54) is 57.4 Å². The highest BCUT2D eigenvalue weighted by molar-refractivity contribution is 5.74. The molecule has 0 rings (SSSR count). The first-order valence-electron chi connectivity index (χ1n) is 8.79. The summed E-state index contributed by atoms with van der Waals surface area (Å²) in [5.41, 5.74) is 0. The van der Waals surface area contributed by atoms with E-state index in [2.05, 4.69) is 20.1 Å². The molecule has 0 aromatic rings. The molecule has 1 N–H and O–H groups in total. The van der Waals surface area contributed by atoms with Crippen LogP contribution in [0.3, 0.4) is 0 Å². The van der Waals surface area contributed by atoms with Gasteiger partial charge >= 0.3 is 5.97 Å². The standard InChI is InChI=1S/C19H34O3/c1-4-7-8-9-10-11-12-13-14-15-16-17(5-2)19(21)22-18(20)6-3/h5-6,17-18,20H,2-4,7-16H2,1H3. The lowest BCUT2D eigenvalue weighted by Crippen LogP contribution is -2.21. The monoisotopic (exact) mass is 310 g/mol. The number of ether oxygens (including phenoxy) is 1. The molecule has 3 heteroatoms. The maximum absolute atomic E-state index is 11.7. The molecule has 22 heavy (non-hydrogen) atoms. The molecule has 2 atom stereocenters. The van der Waals surface area contributed by atoms with Crippen molar-refractivity contribution in [1.82, 2.24) is 0 Å². The maximum Gasteiger partial charge on any atom is 0.315 e. The van der Waals surface area contributed by atoms with Crippen LogP contribution in [0.15, 0.2) is 25.3 Å². The molecular formula is C19H34O3. The number of carbonyl (C=O) groups is 1. The van der Waals surface area contributed by atoms with E-state index in [1.807, 2.05) is 0 Å². The van der Waals surface area contributed by atoms with E-state index in [4.69, 9.17) is 4.74 Å². The summed E-state index contributed by atoms with van der Waals surface area (Å²) in [6, 6.07) is 0. The summed E-state index contributed by atoms with van der Waals surface area (Å²) < 4.78 is 4.82. The van der Waals surface area contributed by atoms with Gasteiger partial charge < -0.3 is 9.84 Å². The van der Waals surface area contributed by atoms with Gasteiger partial charge in [-0.05, 0) is 12.5 Å². The molecule has 0 aliphatic carbocycles. The Morgan fingerprint density at radius 3 is 1.91 bits per heavy atom. The van der Waals surface area contributed by atoms with Crippen LogP contribution in [0.1, 0.15) is 77.6 Å². The lowest BCUT2D eigenvalue weighted by molar-refractivity contribution is -0.164. The quantitative estimate of drug-likeness (QED) is 0.197. The zero-order valence-electron chi connectivity index (χ0n) is 14.3. The Labute approximate surface area is 136 Å². The number of aliphatic hydroxyl groups is 1. The summed E-state index contributed by atoms with van der Waals surface area (Å²) >= 11 is 0. The molecule has 0 bridgehead atoms. The van der Waals surface area contributed by atoms with Crippen LogP contribution in [0, 0.1) is 5.92 Å². The van der Waals surface area contributed by atoms with Crippen LogP contribution in [0.25, 0.3) is 0 Å². The normalized spacial score (nSPS) is 13.4. The van der Waals surface area contributed by atoms with Gasteiger partial charge in [0.1, 0.15) is 0 Å². The first kappa shape index (κ1) is 20.9. The lowest BCUT2D eigenvalue weighted by atomic mass is 10.00. The Kier molecular flexibility index (Phi) is 14.1. The van der Waals surface area contributed by atoms with E-state index < -0.39 is 12.3 Å². The van der Waals surface area contributed by atoms with Crippen LogP contribution in [0.2, 0.25) is 0 Å². The zero-order chi connectivity index (χ0) is 16.6. The molecule has 0 aliphatic heterocycles. The zero-order valence-corrected chi connectivity index (χ0v) is 14.3. The third-order valence-electron chi connectivity index (χ3n) is 3.89. The van der Waals surface area contributed by atoms with E-state index in [0.717, 1.165) is 19.3 Å². The van der Waals surface area contributed by atoms with Crippen LogP contribution in [0.4, 0.5) is 0 Å². The second kappa shape index (κ2) is 14.8. The van der Waals surface area contributed by atoms with Crippen molar-refractivity contribution in [2.24, 2.45) is 5.92 Å². The fourth-order valence-electron chi connectivity index (χ4n) is 2.44. The third kappa shape index (κ3) is 11.6. The number of unbranched alkanes of at least 4 members (excludes halogenated alkanes) is 9. The number of esters is 1. The van der Waals surface area contributed by atoms with Crippen molar-refractivity contribution in [3.05, 3.63) is 25.3 Å². The van der Waals surface area contributed by atoms with Gasteiger partial charge in [0.25, 0.3) is 0 Å². The molecule has 0 fully saturated rings. The van der Waals surface area contributed by atoms with Crippen LogP contribution < -0.4 is 0 Å². The van der Waals surface area contributed by atoms with Gasteiger partial charge in [-0.3, -0.25) is 4.79 Å². The van der Waals surface area contributed by atoms with E-state index in [0.29, 0.717) is 0 Å². The van der Waals surface area contributed by atoms with Crippen LogP contribution >= 0.6 is 0 Å². The van der Waals surface area contributed by atoms with Gasteiger partial charge in [0, 0.05) is 0 Å². The molecule has 0 saturated carbocycles. The van der Waals surface area contributed by atoms with Crippen molar-refractivity contribution in [3.63, 3.8) is 0 Å². The minimum absolute atomic E-state index is 0.330. The molecule has 0 saturated heterocycles. The average Bonchev–Trinajstić information content (AvgIpc) is 2.52. The fraction of sp³-hybridized carbons (Fsp3) is 0.737. The maximum atomic E-state index is 11.7. The Morgan fingerprint density at radius 1 is 0.955 bits per heavy atom. The summed E-state index contributed by atoms with van der Waals surface area (Å²) in [6.45, 7) is 9.28. The van der Waals surface area contributed by atoms with Gasteiger partial charge in [-0.1, -0.05) is 83.8 Å². The summed E-state index contributed by atoms with van der Waals surface area (Å²) in [5.74, 6) is -0.748. The molecule has 2 unspecified atom stereocenters. The largest absolute Gasteiger partial charge is 0.432 e. The summed E-state index contributed by atoms with van der Waals surface area (Å²) in [4.78, 5) is 11.7. The smallest absolute Gasteiger partial charge is 0.315 e. The predicted octanol–water partition coefficient (Wildman–Crippen LogP) is 5.15. The lowest BCUT2D eigenvalue weighted by Gasteiger charge is -2.14. The Bertz CT molecular complexity index is 299. The van der Waals surface area contributed by atoms with Crippen LogP contribution in [-0.4, -0.2) is 17.4 Å². The molecule has 0 aromatic heterocycles. The van der Waals surface area contributed by atoms with Gasteiger partial charge in [0.05, 0.1) is 5.92 Å². The van der Waals surface area contributed by atoms with Crippen molar-refractivity contribution < 1.29 is 14.6 Å². The molecule has 3 nitrogen and oxygen atoms in total. The summed E-state index contributed by atoms with van der Waals surface area (Å²) in [5, 5.41) is 9.22. The highest BCUT2D eigenvalue weighted by Crippen LogP contribution is 2.16. The molecule has 0 aromatic carbocycles. The fourth-order valence-corrected chi connectivity index (χ4v) is 2.44. The molecule has 0 spiro atoms. The van der Waals surface area contributed by atoms with Crippen LogP contribution in [0.5, 0.6) is 0 Å². The van der Waals surface area contributed by atoms with Gasteiger partial charge in [-0.15, -0.1) is 6.58 Å². The first-order valence-corrected chi connectivity index (χ1v) is 8.79.